The number of halogens is 1. The molecule has 1 aliphatic rings. The summed E-state index contributed by atoms with van der Waals surface area (Å²) in [6.45, 7) is 6.00. The minimum Gasteiger partial charge on any atom is -0.491 e. The van der Waals surface area contributed by atoms with Gasteiger partial charge in [-0.1, -0.05) is 12.1 Å². The van der Waals surface area contributed by atoms with E-state index in [1.165, 1.54) is 0 Å². The SMILES string of the molecule is CN1CCN(CCOc2ccccc2C#N)CC1.Cl. The fourth-order valence-electron chi connectivity index (χ4n) is 2.04. The molecule has 0 unspecified atom stereocenters. The number of likely N-dealkylation sites (N-methyl/N-ethyl adjacent to an activating group) is 1. The molecule has 19 heavy (non-hydrogen) atoms. The molecule has 0 N–H and O–H groups in total. The van der Waals surface area contributed by atoms with Crippen molar-refractivity contribution >= 4 is 12.4 Å². The van der Waals surface area contributed by atoms with E-state index in [0.717, 1.165) is 32.7 Å². The topological polar surface area (TPSA) is 39.5 Å². The van der Waals surface area contributed by atoms with Gasteiger partial charge in [-0.15, -0.1) is 12.4 Å². The quantitative estimate of drug-likeness (QED) is 0.841. The zero-order valence-electron chi connectivity index (χ0n) is 11.2. The van der Waals surface area contributed by atoms with Crippen molar-refractivity contribution in [2.75, 3.05) is 46.4 Å². The Labute approximate surface area is 121 Å². The Kier molecular flexibility index (Phi) is 6.65. The molecule has 4 nitrogen and oxygen atoms in total. The summed E-state index contributed by atoms with van der Waals surface area (Å²) in [5, 5.41) is 8.95. The molecule has 0 bridgehead atoms. The molecule has 2 rings (SSSR count). The van der Waals surface area contributed by atoms with Crippen LogP contribution in [-0.4, -0.2) is 56.2 Å². The molecule has 0 aromatic heterocycles. The molecule has 0 amide bonds. The lowest BCUT2D eigenvalue weighted by atomic mass is 10.2. The van der Waals surface area contributed by atoms with E-state index in [1.54, 1.807) is 6.07 Å². The molecule has 1 aliphatic heterocycles. The minimum absolute atomic E-state index is 0. The summed E-state index contributed by atoms with van der Waals surface area (Å²) in [7, 11) is 2.15. The van der Waals surface area contributed by atoms with Crippen molar-refractivity contribution in [3.63, 3.8) is 0 Å². The molecule has 0 spiro atoms. The molecule has 1 fully saturated rings. The van der Waals surface area contributed by atoms with Crippen LogP contribution in [0.1, 0.15) is 5.56 Å². The maximum Gasteiger partial charge on any atom is 0.137 e. The third-order valence-electron chi connectivity index (χ3n) is 3.27. The maximum atomic E-state index is 8.95. The maximum absolute atomic E-state index is 8.95. The summed E-state index contributed by atoms with van der Waals surface area (Å²) in [6.07, 6.45) is 0. The number of benzene rings is 1. The fraction of sp³-hybridized carbons (Fsp3) is 0.500. The third kappa shape index (κ3) is 4.71. The number of rotatable bonds is 4. The zero-order chi connectivity index (χ0) is 12.8. The molecule has 1 aromatic rings. The second-order valence-electron chi connectivity index (χ2n) is 4.60. The Hall–Kier alpha value is -1.28. The van der Waals surface area contributed by atoms with Crippen LogP contribution in [0.3, 0.4) is 0 Å². The summed E-state index contributed by atoms with van der Waals surface area (Å²) in [6, 6.07) is 9.53. The van der Waals surface area contributed by atoms with Gasteiger partial charge in [0.1, 0.15) is 18.4 Å². The molecule has 0 saturated carbocycles. The Morgan fingerprint density at radius 1 is 1.21 bits per heavy atom. The number of hydrogen-bond acceptors (Lipinski definition) is 4. The third-order valence-corrected chi connectivity index (χ3v) is 3.27. The van der Waals surface area contributed by atoms with E-state index >= 15 is 0 Å². The van der Waals surface area contributed by atoms with Gasteiger partial charge in [0.15, 0.2) is 0 Å². The van der Waals surface area contributed by atoms with Crippen molar-refractivity contribution in [2.45, 2.75) is 0 Å². The summed E-state index contributed by atoms with van der Waals surface area (Å²) >= 11 is 0. The molecule has 1 heterocycles. The molecule has 0 aliphatic carbocycles. The average molecular weight is 282 g/mol. The number of nitriles is 1. The second-order valence-corrected chi connectivity index (χ2v) is 4.60. The van der Waals surface area contributed by atoms with E-state index in [4.69, 9.17) is 10.00 Å². The van der Waals surface area contributed by atoms with E-state index in [9.17, 15) is 0 Å². The molecule has 1 saturated heterocycles. The van der Waals surface area contributed by atoms with Crippen LogP contribution in [0, 0.1) is 11.3 Å². The summed E-state index contributed by atoms with van der Waals surface area (Å²) in [4.78, 5) is 4.73. The first-order chi connectivity index (χ1) is 8.79. The van der Waals surface area contributed by atoms with Crippen LogP contribution in [0.2, 0.25) is 0 Å². The highest BCUT2D eigenvalue weighted by molar-refractivity contribution is 5.85. The molecule has 0 atom stereocenters. The Balaban J connectivity index is 0.00000180. The highest BCUT2D eigenvalue weighted by Crippen LogP contribution is 2.16. The number of ether oxygens (including phenoxy) is 1. The van der Waals surface area contributed by atoms with Gasteiger partial charge in [0.05, 0.1) is 5.56 Å². The van der Waals surface area contributed by atoms with Crippen molar-refractivity contribution in [3.05, 3.63) is 29.8 Å². The van der Waals surface area contributed by atoms with Crippen LogP contribution in [0.4, 0.5) is 0 Å². The van der Waals surface area contributed by atoms with Gasteiger partial charge in [-0.2, -0.15) is 5.26 Å². The van der Waals surface area contributed by atoms with Crippen LogP contribution < -0.4 is 4.74 Å². The highest BCUT2D eigenvalue weighted by Gasteiger charge is 2.13. The lowest BCUT2D eigenvalue weighted by Crippen LogP contribution is -2.45. The standard InChI is InChI=1S/C14H19N3O.ClH/c1-16-6-8-17(9-7-16)10-11-18-14-5-3-2-4-13(14)12-15;/h2-5H,6-11H2,1H3;1H. The molecule has 0 radical (unpaired) electrons. The minimum atomic E-state index is 0. The largest absolute Gasteiger partial charge is 0.491 e. The highest BCUT2D eigenvalue weighted by atomic mass is 35.5. The van der Waals surface area contributed by atoms with Gasteiger partial charge < -0.3 is 9.64 Å². The molecule has 5 heteroatoms. The molecule has 104 valence electrons. The Morgan fingerprint density at radius 3 is 2.58 bits per heavy atom. The van der Waals surface area contributed by atoms with Crippen LogP contribution in [0.15, 0.2) is 24.3 Å². The van der Waals surface area contributed by atoms with Gasteiger partial charge in [0.2, 0.25) is 0 Å². The van der Waals surface area contributed by atoms with Crippen molar-refractivity contribution in [3.8, 4) is 11.8 Å². The van der Waals surface area contributed by atoms with Crippen molar-refractivity contribution in [2.24, 2.45) is 0 Å². The van der Waals surface area contributed by atoms with Crippen molar-refractivity contribution in [1.82, 2.24) is 9.80 Å². The van der Waals surface area contributed by atoms with E-state index in [1.807, 2.05) is 18.2 Å². The first-order valence-electron chi connectivity index (χ1n) is 6.32. The van der Waals surface area contributed by atoms with Gasteiger partial charge in [-0.3, -0.25) is 4.90 Å². The molecular weight excluding hydrogens is 262 g/mol. The van der Waals surface area contributed by atoms with Gasteiger partial charge in [-0.05, 0) is 19.2 Å². The average Bonchev–Trinajstić information content (AvgIpc) is 2.41. The van der Waals surface area contributed by atoms with E-state index in [2.05, 4.69) is 22.9 Å². The van der Waals surface area contributed by atoms with Crippen LogP contribution >= 0.6 is 12.4 Å². The number of piperazine rings is 1. The van der Waals surface area contributed by atoms with Gasteiger partial charge in [0.25, 0.3) is 0 Å². The normalized spacial score (nSPS) is 16.4. The number of nitrogens with zero attached hydrogens (tertiary/aromatic N) is 3. The van der Waals surface area contributed by atoms with E-state index in [-0.39, 0.29) is 12.4 Å². The second kappa shape index (κ2) is 8.00. The summed E-state index contributed by atoms with van der Waals surface area (Å²) in [5.74, 6) is 0.689. The lowest BCUT2D eigenvalue weighted by Gasteiger charge is -2.32. The predicted octanol–water partition coefficient (Wildman–Crippen LogP) is 1.61. The molecular formula is C14H20ClN3O. The monoisotopic (exact) mass is 281 g/mol. The first-order valence-corrected chi connectivity index (χ1v) is 6.32. The Bertz CT molecular complexity index is 425. The van der Waals surface area contributed by atoms with Gasteiger partial charge in [0, 0.05) is 32.7 Å². The van der Waals surface area contributed by atoms with Crippen molar-refractivity contribution in [1.29, 1.82) is 5.26 Å². The van der Waals surface area contributed by atoms with Crippen LogP contribution in [-0.2, 0) is 0 Å². The fourth-order valence-corrected chi connectivity index (χ4v) is 2.04. The lowest BCUT2D eigenvalue weighted by molar-refractivity contribution is 0.133. The summed E-state index contributed by atoms with van der Waals surface area (Å²) < 4.78 is 5.68. The molecule has 1 aromatic carbocycles. The predicted molar refractivity (Wildman–Crippen MR) is 77.8 cm³/mol. The number of hydrogen-bond donors (Lipinski definition) is 0. The summed E-state index contributed by atoms with van der Waals surface area (Å²) in [5.41, 5.74) is 0.607. The van der Waals surface area contributed by atoms with Gasteiger partial charge >= 0.3 is 0 Å². The van der Waals surface area contributed by atoms with Crippen LogP contribution in [0.5, 0.6) is 5.75 Å². The van der Waals surface area contributed by atoms with E-state index < -0.39 is 0 Å². The van der Waals surface area contributed by atoms with Crippen molar-refractivity contribution < 1.29 is 4.74 Å². The van der Waals surface area contributed by atoms with Crippen LogP contribution in [0.25, 0.3) is 0 Å². The Morgan fingerprint density at radius 2 is 1.89 bits per heavy atom. The first kappa shape index (κ1) is 15.8. The van der Waals surface area contributed by atoms with Gasteiger partial charge in [-0.25, -0.2) is 0 Å². The van der Waals surface area contributed by atoms with E-state index in [0.29, 0.717) is 17.9 Å². The number of para-hydroxylation sites is 1. The zero-order valence-corrected chi connectivity index (χ0v) is 12.0. The smallest absolute Gasteiger partial charge is 0.137 e.